The lowest BCUT2D eigenvalue weighted by Crippen LogP contribution is -2.03. The van der Waals surface area contributed by atoms with Gasteiger partial charge in [-0.15, -0.1) is 0 Å². The van der Waals surface area contributed by atoms with E-state index in [0.717, 1.165) is 54.1 Å². The molecule has 5 nitrogen and oxygen atoms in total. The molecule has 170 valence electrons. The van der Waals surface area contributed by atoms with Gasteiger partial charge in [0.05, 0.1) is 26.9 Å². The van der Waals surface area contributed by atoms with E-state index in [9.17, 15) is 4.79 Å². The molecule has 0 radical (unpaired) electrons. The van der Waals surface area contributed by atoms with Gasteiger partial charge in [0.15, 0.2) is 0 Å². The fraction of sp³-hybridized carbons (Fsp3) is 0.250. The summed E-state index contributed by atoms with van der Waals surface area (Å²) in [6.07, 6.45) is 5.57. The van der Waals surface area contributed by atoms with Crippen LogP contribution in [0, 0.1) is 0 Å². The third-order valence-electron chi connectivity index (χ3n) is 6.14. The number of carboxylic acid groups (broad SMARTS) is 1. The number of carbonyl (C=O) groups is 1. The zero-order chi connectivity index (χ0) is 23.4. The fourth-order valence-corrected chi connectivity index (χ4v) is 4.45. The minimum absolute atomic E-state index is 0.302. The number of methoxy groups -OCH3 is 3. The molecule has 1 N–H and O–H groups in total. The largest absolute Gasteiger partial charge is 0.497 e. The summed E-state index contributed by atoms with van der Waals surface area (Å²) in [6.45, 7) is 0. The molecule has 0 fully saturated rings. The van der Waals surface area contributed by atoms with E-state index >= 15 is 0 Å². The van der Waals surface area contributed by atoms with Gasteiger partial charge in [0.2, 0.25) is 0 Å². The van der Waals surface area contributed by atoms with Gasteiger partial charge in [-0.25, -0.2) is 4.79 Å². The number of fused-ring (bicyclic) bond motifs is 1. The van der Waals surface area contributed by atoms with Gasteiger partial charge in [-0.2, -0.15) is 0 Å². The number of hydrogen-bond donors (Lipinski definition) is 1. The number of ether oxygens (including phenoxy) is 3. The lowest BCUT2D eigenvalue weighted by molar-refractivity contribution is 0.0697. The van der Waals surface area contributed by atoms with Crippen LogP contribution in [0.4, 0.5) is 0 Å². The van der Waals surface area contributed by atoms with Crippen LogP contribution >= 0.6 is 0 Å². The highest BCUT2D eigenvalue weighted by molar-refractivity contribution is 5.87. The quantitative estimate of drug-likeness (QED) is 0.480. The van der Waals surface area contributed by atoms with Crippen LogP contribution in [0.15, 0.2) is 60.7 Å². The molecule has 1 aliphatic carbocycles. The Morgan fingerprint density at radius 1 is 0.848 bits per heavy atom. The first kappa shape index (κ1) is 22.5. The maximum Gasteiger partial charge on any atom is 0.335 e. The highest BCUT2D eigenvalue weighted by Gasteiger charge is 2.22. The van der Waals surface area contributed by atoms with Crippen LogP contribution < -0.4 is 14.2 Å². The Labute approximate surface area is 194 Å². The standard InChI is InChI=1S/C28H28O5/c1-31-23-15-19(16-24(17-23)32-2)14-22-10-9-20-11-13-26(33-3)25(27(20)22)12-6-18-4-7-21(8-5-18)28(29)30/h4-5,7-8,10-11,13,15-17H,6,9,12,14H2,1-3H3,(H,29,30). The van der Waals surface area contributed by atoms with E-state index in [1.807, 2.05) is 36.4 Å². The summed E-state index contributed by atoms with van der Waals surface area (Å²) in [5, 5.41) is 9.14. The second-order valence-corrected chi connectivity index (χ2v) is 8.11. The van der Waals surface area contributed by atoms with Crippen LogP contribution in [-0.2, 0) is 25.7 Å². The average Bonchev–Trinajstić information content (AvgIpc) is 3.25. The lowest BCUT2D eigenvalue weighted by atomic mass is 9.90. The highest BCUT2D eigenvalue weighted by atomic mass is 16.5. The van der Waals surface area contributed by atoms with Crippen LogP contribution in [-0.4, -0.2) is 32.4 Å². The summed E-state index contributed by atoms with van der Waals surface area (Å²) < 4.78 is 16.6. The highest BCUT2D eigenvalue weighted by Crippen LogP contribution is 2.39. The van der Waals surface area contributed by atoms with Crippen LogP contribution in [0.25, 0.3) is 5.57 Å². The van der Waals surface area contributed by atoms with E-state index in [1.54, 1.807) is 33.5 Å². The minimum Gasteiger partial charge on any atom is -0.497 e. The molecular formula is C28H28O5. The van der Waals surface area contributed by atoms with E-state index in [4.69, 9.17) is 19.3 Å². The number of aromatic carboxylic acids is 1. The van der Waals surface area contributed by atoms with Crippen LogP contribution in [0.1, 0.15) is 38.2 Å². The number of allylic oxidation sites excluding steroid dienone is 2. The molecule has 0 bridgehead atoms. The van der Waals surface area contributed by atoms with Crippen molar-refractivity contribution in [1.29, 1.82) is 0 Å². The molecule has 5 heteroatoms. The van der Waals surface area contributed by atoms with Gasteiger partial charge in [0, 0.05) is 11.6 Å². The molecule has 3 aromatic carbocycles. The molecule has 0 unspecified atom stereocenters. The molecule has 0 saturated carbocycles. The van der Waals surface area contributed by atoms with Gasteiger partial charge in [-0.3, -0.25) is 0 Å². The van der Waals surface area contributed by atoms with Gasteiger partial charge in [-0.05, 0) is 83.8 Å². The van der Waals surface area contributed by atoms with E-state index in [1.165, 1.54) is 22.3 Å². The summed E-state index contributed by atoms with van der Waals surface area (Å²) >= 11 is 0. The second-order valence-electron chi connectivity index (χ2n) is 8.11. The van der Waals surface area contributed by atoms with Crippen molar-refractivity contribution in [3.8, 4) is 17.2 Å². The molecular weight excluding hydrogens is 416 g/mol. The van der Waals surface area contributed by atoms with Crippen molar-refractivity contribution in [3.63, 3.8) is 0 Å². The Hall–Kier alpha value is -3.73. The molecule has 0 heterocycles. The molecule has 0 spiro atoms. The number of aryl methyl sites for hydroxylation is 1. The third-order valence-corrected chi connectivity index (χ3v) is 6.14. The lowest BCUT2D eigenvalue weighted by Gasteiger charge is -2.17. The molecule has 3 aromatic rings. The third kappa shape index (κ3) is 4.87. The predicted octanol–water partition coefficient (Wildman–Crippen LogP) is 5.38. The topological polar surface area (TPSA) is 65.0 Å². The molecule has 0 atom stereocenters. The van der Waals surface area contributed by atoms with Crippen molar-refractivity contribution in [2.75, 3.05) is 21.3 Å². The van der Waals surface area contributed by atoms with Crippen molar-refractivity contribution in [2.45, 2.75) is 25.7 Å². The minimum atomic E-state index is -0.909. The number of benzene rings is 3. The van der Waals surface area contributed by atoms with Crippen LogP contribution in [0.2, 0.25) is 0 Å². The number of rotatable bonds is 9. The Bertz CT molecular complexity index is 1170. The van der Waals surface area contributed by atoms with E-state index in [-0.39, 0.29) is 0 Å². The monoisotopic (exact) mass is 444 g/mol. The summed E-state index contributed by atoms with van der Waals surface area (Å²) in [5.41, 5.74) is 7.56. The number of carboxylic acids is 1. The fourth-order valence-electron chi connectivity index (χ4n) is 4.45. The van der Waals surface area contributed by atoms with Gasteiger partial charge >= 0.3 is 5.97 Å². The van der Waals surface area contributed by atoms with Crippen molar-refractivity contribution in [3.05, 3.63) is 94.1 Å². The van der Waals surface area contributed by atoms with Crippen molar-refractivity contribution in [1.82, 2.24) is 0 Å². The summed E-state index contributed by atoms with van der Waals surface area (Å²) in [5.74, 6) is 1.53. The van der Waals surface area contributed by atoms with E-state index < -0.39 is 5.97 Å². The van der Waals surface area contributed by atoms with Crippen molar-refractivity contribution < 1.29 is 24.1 Å². The van der Waals surface area contributed by atoms with Crippen LogP contribution in [0.3, 0.4) is 0 Å². The SMILES string of the molecule is COc1cc(CC2=CCc3ccc(OC)c(CCc4ccc(C(=O)O)cc4)c32)cc(OC)c1. The first-order valence-electron chi connectivity index (χ1n) is 10.9. The van der Waals surface area contributed by atoms with E-state index in [2.05, 4.69) is 12.1 Å². The summed E-state index contributed by atoms with van der Waals surface area (Å²) in [4.78, 5) is 11.1. The van der Waals surface area contributed by atoms with Gasteiger partial charge < -0.3 is 19.3 Å². The maximum atomic E-state index is 11.1. The second kappa shape index (κ2) is 9.82. The Kier molecular flexibility index (Phi) is 6.68. The molecule has 4 rings (SSSR count). The smallest absolute Gasteiger partial charge is 0.335 e. The first-order chi connectivity index (χ1) is 16.0. The Morgan fingerprint density at radius 2 is 1.55 bits per heavy atom. The summed E-state index contributed by atoms with van der Waals surface area (Å²) in [7, 11) is 5.03. The molecule has 0 amide bonds. The van der Waals surface area contributed by atoms with E-state index in [0.29, 0.717) is 5.56 Å². The predicted molar refractivity (Wildman–Crippen MR) is 129 cm³/mol. The molecule has 0 saturated heterocycles. The molecule has 0 aliphatic heterocycles. The first-order valence-corrected chi connectivity index (χ1v) is 10.9. The van der Waals surface area contributed by atoms with Crippen molar-refractivity contribution in [2.24, 2.45) is 0 Å². The summed E-state index contributed by atoms with van der Waals surface area (Å²) in [6, 6.07) is 17.3. The van der Waals surface area contributed by atoms with Gasteiger partial charge in [0.1, 0.15) is 17.2 Å². The van der Waals surface area contributed by atoms with Crippen LogP contribution in [0.5, 0.6) is 17.2 Å². The Morgan fingerprint density at radius 3 is 2.15 bits per heavy atom. The van der Waals surface area contributed by atoms with Gasteiger partial charge in [0.25, 0.3) is 0 Å². The molecule has 1 aliphatic rings. The average molecular weight is 445 g/mol. The molecule has 33 heavy (non-hydrogen) atoms. The zero-order valence-electron chi connectivity index (χ0n) is 19.2. The van der Waals surface area contributed by atoms with Crippen molar-refractivity contribution >= 4 is 11.5 Å². The maximum absolute atomic E-state index is 11.1. The Balaban J connectivity index is 1.62. The zero-order valence-corrected chi connectivity index (χ0v) is 19.2. The number of hydrogen-bond acceptors (Lipinski definition) is 4. The molecule has 0 aromatic heterocycles. The normalized spacial score (nSPS) is 12.2. The van der Waals surface area contributed by atoms with Gasteiger partial charge in [-0.1, -0.05) is 24.3 Å².